The molecule has 0 radical (unpaired) electrons. The van der Waals surface area contributed by atoms with Gasteiger partial charge in [0.1, 0.15) is 6.10 Å². The van der Waals surface area contributed by atoms with Crippen molar-refractivity contribution in [3.63, 3.8) is 0 Å². The van der Waals surface area contributed by atoms with E-state index in [-0.39, 0.29) is 13.0 Å². The van der Waals surface area contributed by atoms with Gasteiger partial charge in [-0.25, -0.2) is 0 Å². The molecule has 0 aromatic heterocycles. The zero-order chi connectivity index (χ0) is 12.4. The van der Waals surface area contributed by atoms with E-state index in [9.17, 15) is 10.2 Å². The van der Waals surface area contributed by atoms with Gasteiger partial charge in [0.25, 0.3) is 0 Å². The standard InChI is InChI=1S/C11H22O5/c1-4-11(14,5-8(13)6-12)9-7-15-10(2,3)16-9/h8-9,12-14H,4-7H2,1-3H3/t8-,9+,11-/m0/s1. The summed E-state index contributed by atoms with van der Waals surface area (Å²) in [6.07, 6.45) is -0.871. The Kier molecular flexibility index (Phi) is 4.31. The summed E-state index contributed by atoms with van der Waals surface area (Å²) in [5, 5.41) is 28.6. The number of ether oxygens (including phenoxy) is 2. The van der Waals surface area contributed by atoms with Gasteiger partial charge < -0.3 is 24.8 Å². The summed E-state index contributed by atoms with van der Waals surface area (Å²) in [7, 11) is 0. The molecule has 3 N–H and O–H groups in total. The van der Waals surface area contributed by atoms with Crippen molar-refractivity contribution in [1.82, 2.24) is 0 Å². The highest BCUT2D eigenvalue weighted by atomic mass is 16.7. The van der Waals surface area contributed by atoms with Crippen LogP contribution in [0.15, 0.2) is 0 Å². The highest BCUT2D eigenvalue weighted by molar-refractivity contribution is 4.92. The van der Waals surface area contributed by atoms with Crippen molar-refractivity contribution >= 4 is 0 Å². The lowest BCUT2D eigenvalue weighted by Gasteiger charge is -2.33. The molecule has 0 amide bonds. The third-order valence-corrected chi connectivity index (χ3v) is 3.02. The fraction of sp³-hybridized carbons (Fsp3) is 1.00. The minimum atomic E-state index is -1.16. The quantitative estimate of drug-likeness (QED) is 0.625. The maximum Gasteiger partial charge on any atom is 0.163 e. The van der Waals surface area contributed by atoms with Crippen LogP contribution in [0.2, 0.25) is 0 Å². The van der Waals surface area contributed by atoms with E-state index in [1.807, 2.05) is 6.92 Å². The molecule has 0 aliphatic carbocycles. The molecule has 0 bridgehead atoms. The lowest BCUT2D eigenvalue weighted by atomic mass is 9.88. The summed E-state index contributed by atoms with van der Waals surface area (Å²) >= 11 is 0. The normalized spacial score (nSPS) is 30.0. The Morgan fingerprint density at radius 1 is 1.50 bits per heavy atom. The van der Waals surface area contributed by atoms with Crippen molar-refractivity contribution in [2.45, 2.75) is 57.2 Å². The summed E-state index contributed by atoms with van der Waals surface area (Å²) in [5.41, 5.74) is -1.16. The van der Waals surface area contributed by atoms with Crippen molar-refractivity contribution in [3.8, 4) is 0 Å². The van der Waals surface area contributed by atoms with Crippen molar-refractivity contribution < 1.29 is 24.8 Å². The van der Waals surface area contributed by atoms with Gasteiger partial charge in [-0.05, 0) is 20.3 Å². The molecule has 1 aliphatic rings. The van der Waals surface area contributed by atoms with Crippen LogP contribution in [-0.2, 0) is 9.47 Å². The molecule has 0 aromatic rings. The monoisotopic (exact) mass is 234 g/mol. The molecule has 96 valence electrons. The van der Waals surface area contributed by atoms with Crippen LogP contribution in [0.3, 0.4) is 0 Å². The molecule has 0 saturated carbocycles. The third kappa shape index (κ3) is 3.15. The van der Waals surface area contributed by atoms with Crippen LogP contribution in [0.5, 0.6) is 0 Å². The van der Waals surface area contributed by atoms with Crippen LogP contribution in [0.4, 0.5) is 0 Å². The molecule has 1 heterocycles. The van der Waals surface area contributed by atoms with Crippen LogP contribution in [0.25, 0.3) is 0 Å². The molecule has 1 aliphatic heterocycles. The van der Waals surface area contributed by atoms with E-state index in [4.69, 9.17) is 14.6 Å². The molecule has 0 aromatic carbocycles. The summed E-state index contributed by atoms with van der Waals surface area (Å²) in [6.45, 7) is 5.32. The second-order valence-corrected chi connectivity index (χ2v) is 4.81. The summed E-state index contributed by atoms with van der Waals surface area (Å²) in [4.78, 5) is 0. The molecule has 3 atom stereocenters. The second kappa shape index (κ2) is 4.98. The minimum absolute atomic E-state index is 0.0874. The molecule has 5 nitrogen and oxygen atoms in total. The predicted octanol–water partition coefficient (Wildman–Crippen LogP) is 0.0223. The third-order valence-electron chi connectivity index (χ3n) is 3.02. The minimum Gasteiger partial charge on any atom is -0.394 e. The molecule has 1 fully saturated rings. The zero-order valence-corrected chi connectivity index (χ0v) is 10.1. The highest BCUT2D eigenvalue weighted by Gasteiger charge is 2.45. The van der Waals surface area contributed by atoms with Gasteiger partial charge in [0.15, 0.2) is 5.79 Å². The topological polar surface area (TPSA) is 79.2 Å². The number of hydrogen-bond donors (Lipinski definition) is 3. The van der Waals surface area contributed by atoms with Crippen LogP contribution < -0.4 is 0 Å². The fourth-order valence-corrected chi connectivity index (χ4v) is 1.93. The van der Waals surface area contributed by atoms with Crippen molar-refractivity contribution in [3.05, 3.63) is 0 Å². The molecule has 0 unspecified atom stereocenters. The van der Waals surface area contributed by atoms with Gasteiger partial charge in [-0.3, -0.25) is 0 Å². The maximum absolute atomic E-state index is 10.4. The lowest BCUT2D eigenvalue weighted by molar-refractivity contribution is -0.177. The number of aliphatic hydroxyl groups is 3. The molecule has 5 heteroatoms. The summed E-state index contributed by atoms with van der Waals surface area (Å²) < 4.78 is 11.0. The van der Waals surface area contributed by atoms with Gasteiger partial charge in [-0.15, -0.1) is 0 Å². The molecular weight excluding hydrogens is 212 g/mol. The Balaban J connectivity index is 2.66. The highest BCUT2D eigenvalue weighted by Crippen LogP contribution is 2.33. The lowest BCUT2D eigenvalue weighted by Crippen LogP contribution is -2.47. The van der Waals surface area contributed by atoms with E-state index in [0.29, 0.717) is 13.0 Å². The SMILES string of the molecule is CC[C@](O)(C[C@H](O)CO)[C@H]1COC(C)(C)O1. The average molecular weight is 234 g/mol. The summed E-state index contributed by atoms with van der Waals surface area (Å²) in [6, 6.07) is 0. The Morgan fingerprint density at radius 2 is 2.12 bits per heavy atom. The van der Waals surface area contributed by atoms with E-state index in [0.717, 1.165) is 0 Å². The average Bonchev–Trinajstić information content (AvgIpc) is 2.59. The van der Waals surface area contributed by atoms with Crippen molar-refractivity contribution in [1.29, 1.82) is 0 Å². The van der Waals surface area contributed by atoms with E-state index < -0.39 is 23.6 Å². The molecule has 1 rings (SSSR count). The van der Waals surface area contributed by atoms with E-state index in [1.165, 1.54) is 0 Å². The first-order valence-electron chi connectivity index (χ1n) is 5.66. The molecular formula is C11H22O5. The van der Waals surface area contributed by atoms with E-state index in [1.54, 1.807) is 13.8 Å². The van der Waals surface area contributed by atoms with Gasteiger partial charge in [0.05, 0.1) is 24.9 Å². The zero-order valence-electron chi connectivity index (χ0n) is 10.1. The van der Waals surface area contributed by atoms with Gasteiger partial charge >= 0.3 is 0 Å². The predicted molar refractivity (Wildman–Crippen MR) is 57.9 cm³/mol. The smallest absolute Gasteiger partial charge is 0.163 e. The first-order chi connectivity index (χ1) is 7.33. The molecule has 1 saturated heterocycles. The molecule has 16 heavy (non-hydrogen) atoms. The Bertz CT molecular complexity index is 230. The number of hydrogen-bond acceptors (Lipinski definition) is 5. The maximum atomic E-state index is 10.4. The Morgan fingerprint density at radius 3 is 2.50 bits per heavy atom. The van der Waals surface area contributed by atoms with E-state index >= 15 is 0 Å². The van der Waals surface area contributed by atoms with E-state index in [2.05, 4.69) is 0 Å². The van der Waals surface area contributed by atoms with Gasteiger partial charge in [-0.2, -0.15) is 0 Å². The van der Waals surface area contributed by atoms with Crippen LogP contribution >= 0.6 is 0 Å². The van der Waals surface area contributed by atoms with Gasteiger partial charge in [0, 0.05) is 6.42 Å². The Labute approximate surface area is 96.0 Å². The number of rotatable bonds is 5. The largest absolute Gasteiger partial charge is 0.394 e. The van der Waals surface area contributed by atoms with Crippen LogP contribution in [-0.4, -0.2) is 52.1 Å². The van der Waals surface area contributed by atoms with Gasteiger partial charge in [-0.1, -0.05) is 6.92 Å². The fourth-order valence-electron chi connectivity index (χ4n) is 1.93. The number of aliphatic hydroxyl groups excluding tert-OH is 2. The van der Waals surface area contributed by atoms with Crippen LogP contribution in [0, 0.1) is 0 Å². The van der Waals surface area contributed by atoms with Crippen LogP contribution in [0.1, 0.15) is 33.6 Å². The van der Waals surface area contributed by atoms with Crippen molar-refractivity contribution in [2.75, 3.05) is 13.2 Å². The Hall–Kier alpha value is -0.200. The first kappa shape index (κ1) is 13.9. The summed E-state index contributed by atoms with van der Waals surface area (Å²) in [5.74, 6) is -0.696. The second-order valence-electron chi connectivity index (χ2n) is 4.81. The van der Waals surface area contributed by atoms with Gasteiger partial charge in [0.2, 0.25) is 0 Å². The molecule has 0 spiro atoms. The van der Waals surface area contributed by atoms with Crippen molar-refractivity contribution in [2.24, 2.45) is 0 Å². The first-order valence-corrected chi connectivity index (χ1v) is 5.66.